The third-order valence-corrected chi connectivity index (χ3v) is 4.80. The van der Waals surface area contributed by atoms with Crippen molar-refractivity contribution in [3.63, 3.8) is 0 Å². The fourth-order valence-electron chi connectivity index (χ4n) is 2.68. The SMILES string of the molecule is O=C(c1cnc(Nc2cccc(Cl)c2Cl)cn1)N1CCCCCC1. The number of nitrogens with zero attached hydrogens (tertiary/aromatic N) is 3. The minimum atomic E-state index is -0.0586. The molecule has 0 radical (unpaired) electrons. The average molecular weight is 365 g/mol. The summed E-state index contributed by atoms with van der Waals surface area (Å²) in [7, 11) is 0. The first-order valence-electron chi connectivity index (χ1n) is 7.97. The second-order valence-electron chi connectivity index (χ2n) is 5.72. The van der Waals surface area contributed by atoms with Crippen LogP contribution in [0.5, 0.6) is 0 Å². The predicted molar refractivity (Wildman–Crippen MR) is 96.1 cm³/mol. The molecule has 1 aromatic heterocycles. The average Bonchev–Trinajstić information content (AvgIpc) is 2.88. The lowest BCUT2D eigenvalue weighted by molar-refractivity contribution is 0.0755. The van der Waals surface area contributed by atoms with E-state index in [2.05, 4.69) is 15.3 Å². The van der Waals surface area contributed by atoms with E-state index in [0.717, 1.165) is 25.9 Å². The van der Waals surface area contributed by atoms with E-state index in [9.17, 15) is 4.79 Å². The topological polar surface area (TPSA) is 58.1 Å². The number of anilines is 2. The van der Waals surface area contributed by atoms with Gasteiger partial charge in [0.2, 0.25) is 0 Å². The molecular formula is C17H18Cl2N4O. The van der Waals surface area contributed by atoms with Crippen LogP contribution < -0.4 is 5.32 Å². The molecule has 0 aliphatic carbocycles. The smallest absolute Gasteiger partial charge is 0.274 e. The maximum atomic E-state index is 12.5. The van der Waals surface area contributed by atoms with Gasteiger partial charge in [-0.25, -0.2) is 9.97 Å². The standard InChI is InChI=1S/C17H18Cl2N4O/c18-12-6-5-7-13(16(12)19)22-15-11-20-14(10-21-15)17(24)23-8-3-1-2-4-9-23/h5-7,10-11H,1-4,8-9H2,(H,21,22). The first-order valence-corrected chi connectivity index (χ1v) is 8.73. The van der Waals surface area contributed by atoms with Gasteiger partial charge in [-0.05, 0) is 25.0 Å². The first-order chi connectivity index (χ1) is 11.6. The van der Waals surface area contributed by atoms with Gasteiger partial charge in [-0.15, -0.1) is 0 Å². The van der Waals surface area contributed by atoms with Crippen LogP contribution in [0.15, 0.2) is 30.6 Å². The van der Waals surface area contributed by atoms with Crippen molar-refractivity contribution in [3.8, 4) is 0 Å². The number of hydrogen-bond acceptors (Lipinski definition) is 4. The van der Waals surface area contributed by atoms with Crippen LogP contribution in [0.4, 0.5) is 11.5 Å². The fourth-order valence-corrected chi connectivity index (χ4v) is 3.02. The van der Waals surface area contributed by atoms with Gasteiger partial charge in [0.25, 0.3) is 5.91 Å². The Bertz CT molecular complexity index is 713. The van der Waals surface area contributed by atoms with Crippen molar-refractivity contribution in [2.75, 3.05) is 18.4 Å². The Morgan fingerprint density at radius 2 is 1.79 bits per heavy atom. The highest BCUT2D eigenvalue weighted by Crippen LogP contribution is 2.31. The second kappa shape index (κ2) is 7.81. The zero-order valence-corrected chi connectivity index (χ0v) is 14.6. The summed E-state index contributed by atoms with van der Waals surface area (Å²) in [6.45, 7) is 1.58. The van der Waals surface area contributed by atoms with Gasteiger partial charge in [-0.2, -0.15) is 0 Å². The summed E-state index contributed by atoms with van der Waals surface area (Å²) in [5.41, 5.74) is 1.00. The molecule has 7 heteroatoms. The highest BCUT2D eigenvalue weighted by atomic mass is 35.5. The molecule has 0 saturated carbocycles. The number of carbonyl (C=O) groups is 1. The Labute approximate surface area is 151 Å². The van der Waals surface area contributed by atoms with Crippen molar-refractivity contribution < 1.29 is 4.79 Å². The van der Waals surface area contributed by atoms with Crippen LogP contribution in [0.3, 0.4) is 0 Å². The highest BCUT2D eigenvalue weighted by Gasteiger charge is 2.18. The number of halogens is 2. The molecule has 0 unspecified atom stereocenters. The monoisotopic (exact) mass is 364 g/mol. The summed E-state index contributed by atoms with van der Waals surface area (Å²) < 4.78 is 0. The molecule has 0 bridgehead atoms. The molecule has 2 heterocycles. The maximum Gasteiger partial charge on any atom is 0.274 e. The number of benzene rings is 1. The summed E-state index contributed by atoms with van der Waals surface area (Å²) in [4.78, 5) is 22.8. The molecule has 1 aliphatic heterocycles. The number of likely N-dealkylation sites (tertiary alicyclic amines) is 1. The molecule has 1 amide bonds. The Balaban J connectivity index is 1.71. The minimum absolute atomic E-state index is 0.0586. The molecule has 5 nitrogen and oxygen atoms in total. The van der Waals surface area contributed by atoms with Gasteiger partial charge in [-0.3, -0.25) is 4.79 Å². The minimum Gasteiger partial charge on any atom is -0.338 e. The number of nitrogens with one attached hydrogen (secondary N) is 1. The number of aromatic nitrogens is 2. The van der Waals surface area contributed by atoms with Gasteiger partial charge in [-0.1, -0.05) is 42.1 Å². The number of rotatable bonds is 3. The van der Waals surface area contributed by atoms with Crippen molar-refractivity contribution in [2.45, 2.75) is 25.7 Å². The molecule has 24 heavy (non-hydrogen) atoms. The number of hydrogen-bond donors (Lipinski definition) is 1. The largest absolute Gasteiger partial charge is 0.338 e. The summed E-state index contributed by atoms with van der Waals surface area (Å²) >= 11 is 12.1. The molecule has 1 aliphatic rings. The molecule has 1 N–H and O–H groups in total. The van der Waals surface area contributed by atoms with Crippen LogP contribution in [0.2, 0.25) is 10.0 Å². The van der Waals surface area contributed by atoms with E-state index < -0.39 is 0 Å². The number of amides is 1. The summed E-state index contributed by atoms with van der Waals surface area (Å²) in [6.07, 6.45) is 7.48. The molecule has 3 rings (SSSR count). The molecule has 1 aromatic carbocycles. The molecule has 1 saturated heterocycles. The van der Waals surface area contributed by atoms with Crippen molar-refractivity contribution in [2.24, 2.45) is 0 Å². The molecule has 2 aromatic rings. The highest BCUT2D eigenvalue weighted by molar-refractivity contribution is 6.43. The Kier molecular flexibility index (Phi) is 5.53. The Hall–Kier alpha value is -1.85. The van der Waals surface area contributed by atoms with Gasteiger partial charge < -0.3 is 10.2 Å². The lowest BCUT2D eigenvalue weighted by Gasteiger charge is -2.19. The van der Waals surface area contributed by atoms with E-state index in [1.165, 1.54) is 25.2 Å². The molecule has 0 atom stereocenters. The van der Waals surface area contributed by atoms with Crippen molar-refractivity contribution in [3.05, 3.63) is 46.3 Å². The third-order valence-electron chi connectivity index (χ3n) is 3.98. The van der Waals surface area contributed by atoms with E-state index in [1.807, 2.05) is 4.90 Å². The second-order valence-corrected chi connectivity index (χ2v) is 6.50. The van der Waals surface area contributed by atoms with Gasteiger partial charge in [0, 0.05) is 13.1 Å². The van der Waals surface area contributed by atoms with Crippen LogP contribution in [0, 0.1) is 0 Å². The molecule has 1 fully saturated rings. The zero-order chi connectivity index (χ0) is 16.9. The van der Waals surface area contributed by atoms with Crippen molar-refractivity contribution in [1.82, 2.24) is 14.9 Å². The van der Waals surface area contributed by atoms with Crippen LogP contribution in [-0.2, 0) is 0 Å². The molecular weight excluding hydrogens is 347 g/mol. The van der Waals surface area contributed by atoms with E-state index in [0.29, 0.717) is 27.2 Å². The lowest BCUT2D eigenvalue weighted by atomic mass is 10.2. The van der Waals surface area contributed by atoms with E-state index in [1.54, 1.807) is 18.2 Å². The van der Waals surface area contributed by atoms with Crippen molar-refractivity contribution >= 4 is 40.6 Å². The normalized spacial score (nSPS) is 15.0. The van der Waals surface area contributed by atoms with Gasteiger partial charge in [0.15, 0.2) is 0 Å². The van der Waals surface area contributed by atoms with Crippen LogP contribution in [0.1, 0.15) is 36.2 Å². The molecule has 126 valence electrons. The predicted octanol–water partition coefficient (Wildman–Crippen LogP) is 4.54. The van der Waals surface area contributed by atoms with Crippen LogP contribution in [0.25, 0.3) is 0 Å². The van der Waals surface area contributed by atoms with Crippen LogP contribution in [-0.4, -0.2) is 33.9 Å². The van der Waals surface area contributed by atoms with Gasteiger partial charge >= 0.3 is 0 Å². The first kappa shape index (κ1) is 17.0. The van der Waals surface area contributed by atoms with Gasteiger partial charge in [0.05, 0.1) is 28.1 Å². The zero-order valence-electron chi connectivity index (χ0n) is 13.1. The third kappa shape index (κ3) is 3.97. The number of carbonyl (C=O) groups excluding carboxylic acids is 1. The maximum absolute atomic E-state index is 12.5. The Morgan fingerprint density at radius 3 is 2.46 bits per heavy atom. The van der Waals surface area contributed by atoms with E-state index in [4.69, 9.17) is 23.2 Å². The summed E-state index contributed by atoms with van der Waals surface area (Å²) in [5, 5.41) is 3.94. The van der Waals surface area contributed by atoms with Gasteiger partial charge in [0.1, 0.15) is 11.5 Å². The van der Waals surface area contributed by atoms with E-state index in [-0.39, 0.29) is 5.91 Å². The van der Waals surface area contributed by atoms with E-state index >= 15 is 0 Å². The quantitative estimate of drug-likeness (QED) is 0.867. The lowest BCUT2D eigenvalue weighted by Crippen LogP contribution is -2.32. The summed E-state index contributed by atoms with van der Waals surface area (Å²) in [6, 6.07) is 5.30. The Morgan fingerprint density at radius 1 is 1.04 bits per heavy atom. The summed E-state index contributed by atoms with van der Waals surface area (Å²) in [5.74, 6) is 0.448. The van der Waals surface area contributed by atoms with Crippen molar-refractivity contribution in [1.29, 1.82) is 0 Å². The fraction of sp³-hybridized carbons (Fsp3) is 0.353. The van der Waals surface area contributed by atoms with Crippen LogP contribution >= 0.6 is 23.2 Å². The molecule has 0 spiro atoms.